The van der Waals surface area contributed by atoms with E-state index in [9.17, 15) is 14.9 Å². The minimum atomic E-state index is -0.143. The first kappa shape index (κ1) is 23.7. The van der Waals surface area contributed by atoms with E-state index in [0.717, 1.165) is 22.6 Å². The lowest BCUT2D eigenvalue weighted by molar-refractivity contribution is -0.132. The molecule has 0 saturated heterocycles. The second kappa shape index (κ2) is 12.2. The first-order valence-electron chi connectivity index (χ1n) is 9.85. The number of hydrogen-bond donors (Lipinski definition) is 1. The zero-order valence-electron chi connectivity index (χ0n) is 17.6. The van der Waals surface area contributed by atoms with Crippen molar-refractivity contribution in [3.63, 3.8) is 0 Å². The lowest BCUT2D eigenvalue weighted by atomic mass is 10.0. The van der Waals surface area contributed by atoms with Crippen LogP contribution in [-0.2, 0) is 27.3 Å². The Morgan fingerprint density at radius 1 is 1.32 bits per heavy atom. The Morgan fingerprint density at radius 2 is 2.04 bits per heavy atom. The zero-order chi connectivity index (χ0) is 21.1. The summed E-state index contributed by atoms with van der Waals surface area (Å²) in [5, 5.41) is 13.0. The molecule has 0 unspecified atom stereocenters. The van der Waals surface area contributed by atoms with E-state index < -0.39 is 0 Å². The summed E-state index contributed by atoms with van der Waals surface area (Å²) in [7, 11) is 1.58. The molecule has 2 rings (SSSR count). The minimum absolute atomic E-state index is 0.143. The van der Waals surface area contributed by atoms with E-state index in [-0.39, 0.29) is 11.8 Å². The maximum atomic E-state index is 12.2. The van der Waals surface area contributed by atoms with Crippen LogP contribution in [0.5, 0.6) is 0 Å². The number of hydrogen-bond acceptors (Lipinski definition) is 5. The van der Waals surface area contributed by atoms with Crippen LogP contribution in [0.4, 0.5) is 5.00 Å². The number of nitrogens with one attached hydrogen (secondary N) is 1. The lowest BCUT2D eigenvalue weighted by Gasteiger charge is -2.26. The SMILES string of the molecule is C/C=C(/CCC(=O)Nc1sc2c(c1C#N)CCN(C(=O)CCC)C2)OC.CC. The van der Waals surface area contributed by atoms with Crippen molar-refractivity contribution in [2.75, 3.05) is 19.0 Å². The fraction of sp³-hybridized carbons (Fsp3) is 0.571. The molecule has 1 aliphatic heterocycles. The number of rotatable bonds is 7. The van der Waals surface area contributed by atoms with Gasteiger partial charge in [-0.05, 0) is 31.4 Å². The molecule has 1 aliphatic rings. The zero-order valence-corrected chi connectivity index (χ0v) is 18.4. The number of carbonyl (C=O) groups excluding carboxylic acids is 2. The van der Waals surface area contributed by atoms with E-state index in [2.05, 4.69) is 11.4 Å². The van der Waals surface area contributed by atoms with Gasteiger partial charge in [-0.1, -0.05) is 20.8 Å². The van der Waals surface area contributed by atoms with Gasteiger partial charge in [0, 0.05) is 30.7 Å². The van der Waals surface area contributed by atoms with Crippen LogP contribution in [0.2, 0.25) is 0 Å². The standard InChI is InChI=1S/C19H25N3O3S.C2H6/c1-4-6-18(24)22-10-9-14-15(11-20)19(26-16(14)12-22)21-17(23)8-7-13(5-2)25-3;1-2/h5H,4,6-10,12H2,1-3H3,(H,21,23);1-2H3/b13-5-;. The topological polar surface area (TPSA) is 82.4 Å². The number of carbonyl (C=O) groups is 2. The van der Waals surface area contributed by atoms with Crippen molar-refractivity contribution in [2.45, 2.75) is 66.3 Å². The first-order chi connectivity index (χ1) is 13.5. The molecule has 0 saturated carbocycles. The van der Waals surface area contributed by atoms with Crippen molar-refractivity contribution >= 4 is 28.2 Å². The molecule has 154 valence electrons. The summed E-state index contributed by atoms with van der Waals surface area (Å²) in [4.78, 5) is 27.2. The predicted octanol–water partition coefficient (Wildman–Crippen LogP) is 4.60. The average molecular weight is 406 g/mol. The molecule has 0 radical (unpaired) electrons. The Kier molecular flexibility index (Phi) is 10.3. The van der Waals surface area contributed by atoms with Crippen LogP contribution in [0.25, 0.3) is 0 Å². The molecule has 0 spiro atoms. The number of nitrogens with zero attached hydrogens (tertiary/aromatic N) is 2. The third-order valence-corrected chi connectivity index (χ3v) is 5.55. The van der Waals surface area contributed by atoms with Gasteiger partial charge >= 0.3 is 0 Å². The molecule has 0 bridgehead atoms. The van der Waals surface area contributed by atoms with E-state index in [1.807, 2.05) is 38.7 Å². The molecule has 1 N–H and O–H groups in total. The Hall–Kier alpha value is -2.33. The van der Waals surface area contributed by atoms with Crippen LogP contribution >= 0.6 is 11.3 Å². The smallest absolute Gasteiger partial charge is 0.225 e. The number of anilines is 1. The highest BCUT2D eigenvalue weighted by Gasteiger charge is 2.27. The Balaban J connectivity index is 0.00000190. The van der Waals surface area contributed by atoms with E-state index >= 15 is 0 Å². The number of ether oxygens (including phenoxy) is 1. The second-order valence-electron chi connectivity index (χ2n) is 6.14. The summed E-state index contributed by atoms with van der Waals surface area (Å²) >= 11 is 1.41. The van der Waals surface area contributed by atoms with Gasteiger partial charge in [-0.15, -0.1) is 11.3 Å². The second-order valence-corrected chi connectivity index (χ2v) is 7.25. The van der Waals surface area contributed by atoms with Crippen molar-refractivity contribution in [3.8, 4) is 6.07 Å². The van der Waals surface area contributed by atoms with E-state index in [4.69, 9.17) is 4.74 Å². The number of nitriles is 1. The Bertz CT molecular complexity index is 747. The fourth-order valence-corrected chi connectivity index (χ4v) is 4.21. The minimum Gasteiger partial charge on any atom is -0.501 e. The molecule has 0 fully saturated rings. The highest BCUT2D eigenvalue weighted by atomic mass is 32.1. The molecule has 1 aromatic rings. The van der Waals surface area contributed by atoms with Crippen molar-refractivity contribution < 1.29 is 14.3 Å². The maximum absolute atomic E-state index is 12.2. The van der Waals surface area contributed by atoms with Crippen molar-refractivity contribution in [1.82, 2.24) is 4.90 Å². The van der Waals surface area contributed by atoms with Crippen molar-refractivity contribution in [2.24, 2.45) is 0 Å². The molecule has 28 heavy (non-hydrogen) atoms. The molecule has 1 aromatic heterocycles. The molecule has 0 aromatic carbocycles. The van der Waals surface area contributed by atoms with E-state index in [0.29, 0.717) is 49.3 Å². The summed E-state index contributed by atoms with van der Waals surface area (Å²) in [5.74, 6) is 0.765. The average Bonchev–Trinajstić information content (AvgIpc) is 3.06. The first-order valence-corrected chi connectivity index (χ1v) is 10.7. The quantitative estimate of drug-likeness (QED) is 0.672. The van der Waals surface area contributed by atoms with Crippen LogP contribution in [0.15, 0.2) is 11.8 Å². The normalized spacial score (nSPS) is 13.0. The molecule has 7 heteroatoms. The van der Waals surface area contributed by atoms with E-state index in [1.54, 1.807) is 7.11 Å². The monoisotopic (exact) mass is 405 g/mol. The summed E-state index contributed by atoms with van der Waals surface area (Å²) < 4.78 is 5.16. The summed E-state index contributed by atoms with van der Waals surface area (Å²) in [6, 6.07) is 2.22. The highest BCUT2D eigenvalue weighted by Crippen LogP contribution is 2.37. The molecule has 6 nitrogen and oxygen atoms in total. The van der Waals surface area contributed by atoms with Crippen molar-refractivity contribution in [3.05, 3.63) is 27.8 Å². The molecular weight excluding hydrogens is 374 g/mol. The third kappa shape index (κ3) is 6.10. The van der Waals surface area contributed by atoms with Crippen molar-refractivity contribution in [1.29, 1.82) is 5.26 Å². The van der Waals surface area contributed by atoms with Gasteiger partial charge in [0.25, 0.3) is 0 Å². The number of amides is 2. The molecule has 0 aliphatic carbocycles. The van der Waals surface area contributed by atoms with Gasteiger partial charge < -0.3 is 15.0 Å². The van der Waals surface area contributed by atoms with Gasteiger partial charge in [0.05, 0.1) is 25.0 Å². The van der Waals surface area contributed by atoms with Gasteiger partial charge in [0.2, 0.25) is 11.8 Å². The Morgan fingerprint density at radius 3 is 2.61 bits per heavy atom. The van der Waals surface area contributed by atoms with Gasteiger partial charge in [0.1, 0.15) is 11.1 Å². The van der Waals surface area contributed by atoms with Gasteiger partial charge in [-0.2, -0.15) is 5.26 Å². The third-order valence-electron chi connectivity index (χ3n) is 4.42. The number of thiophene rings is 1. The number of fused-ring (bicyclic) bond motifs is 1. The highest BCUT2D eigenvalue weighted by molar-refractivity contribution is 7.16. The Labute approximate surface area is 172 Å². The van der Waals surface area contributed by atoms with Crippen LogP contribution in [-0.4, -0.2) is 30.4 Å². The van der Waals surface area contributed by atoms with Gasteiger partial charge in [0.15, 0.2) is 0 Å². The molecule has 2 heterocycles. The fourth-order valence-electron chi connectivity index (χ4n) is 2.98. The largest absolute Gasteiger partial charge is 0.501 e. The molecule has 2 amide bonds. The van der Waals surface area contributed by atoms with Crippen LogP contribution in [0, 0.1) is 11.3 Å². The van der Waals surface area contributed by atoms with Crippen LogP contribution < -0.4 is 5.32 Å². The van der Waals surface area contributed by atoms with E-state index in [1.165, 1.54) is 11.3 Å². The summed E-state index contributed by atoms with van der Waals surface area (Å²) in [6.07, 6.45) is 4.68. The summed E-state index contributed by atoms with van der Waals surface area (Å²) in [5.41, 5.74) is 1.51. The lowest BCUT2D eigenvalue weighted by Crippen LogP contribution is -2.35. The van der Waals surface area contributed by atoms with Gasteiger partial charge in [-0.25, -0.2) is 0 Å². The van der Waals surface area contributed by atoms with Crippen LogP contribution in [0.3, 0.4) is 0 Å². The molecular formula is C21H31N3O3S. The molecule has 0 atom stereocenters. The predicted molar refractivity (Wildman–Crippen MR) is 113 cm³/mol. The summed E-state index contributed by atoms with van der Waals surface area (Å²) in [6.45, 7) is 9.00. The number of allylic oxidation sites excluding steroid dienone is 2. The van der Waals surface area contributed by atoms with Crippen LogP contribution in [0.1, 0.15) is 69.4 Å². The number of methoxy groups -OCH3 is 1. The maximum Gasteiger partial charge on any atom is 0.225 e. The van der Waals surface area contributed by atoms with Gasteiger partial charge in [-0.3, -0.25) is 9.59 Å².